The molecule has 9 heteroatoms. The van der Waals surface area contributed by atoms with Gasteiger partial charge >= 0.3 is 0 Å². The second-order valence-electron chi connectivity index (χ2n) is 7.68. The Balaban J connectivity index is 1.64. The van der Waals surface area contributed by atoms with Crippen LogP contribution in [-0.4, -0.2) is 68.6 Å². The summed E-state index contributed by atoms with van der Waals surface area (Å²) in [5.74, 6) is -0.584. The first-order valence-electron chi connectivity index (χ1n) is 10.1. The third kappa shape index (κ3) is 4.40. The zero-order chi connectivity index (χ0) is 22.8. The number of benzene rings is 2. The number of carbonyl (C=O) groups is 1. The van der Waals surface area contributed by atoms with Crippen molar-refractivity contribution < 1.29 is 44.2 Å². The van der Waals surface area contributed by atoms with Crippen molar-refractivity contribution in [2.75, 3.05) is 6.61 Å². The average molecular weight is 444 g/mol. The summed E-state index contributed by atoms with van der Waals surface area (Å²) in [6, 6.07) is 13.0. The highest BCUT2D eigenvalue weighted by molar-refractivity contribution is 5.98. The van der Waals surface area contributed by atoms with Crippen molar-refractivity contribution >= 4 is 16.8 Å². The van der Waals surface area contributed by atoms with Gasteiger partial charge in [0.2, 0.25) is 0 Å². The summed E-state index contributed by atoms with van der Waals surface area (Å²) in [4.78, 5) is 12.9. The fraction of sp³-hybridized carbons (Fsp3) is 0.348. The molecule has 2 heterocycles. The van der Waals surface area contributed by atoms with E-state index in [0.29, 0.717) is 11.1 Å². The van der Waals surface area contributed by atoms with Crippen molar-refractivity contribution in [1.29, 1.82) is 0 Å². The van der Waals surface area contributed by atoms with Crippen LogP contribution < -0.4 is 0 Å². The zero-order valence-corrected chi connectivity index (χ0v) is 16.9. The summed E-state index contributed by atoms with van der Waals surface area (Å²) >= 11 is 0. The molecule has 0 bridgehead atoms. The molecule has 1 aliphatic heterocycles. The minimum Gasteiger partial charge on any atom is -0.507 e. The molecule has 1 saturated heterocycles. The molecule has 170 valence electrons. The molecule has 5 N–H and O–H groups in total. The number of para-hydroxylation sites is 1. The monoisotopic (exact) mass is 444 g/mol. The lowest BCUT2D eigenvalue weighted by molar-refractivity contribution is -0.312. The van der Waals surface area contributed by atoms with Gasteiger partial charge in [-0.1, -0.05) is 18.2 Å². The Morgan fingerprint density at radius 2 is 1.81 bits per heavy atom. The molecule has 0 amide bonds. The number of aliphatic hydroxyl groups is 4. The van der Waals surface area contributed by atoms with Crippen LogP contribution in [0.15, 0.2) is 59.2 Å². The molecule has 1 fully saturated rings. The van der Waals surface area contributed by atoms with Crippen LogP contribution in [-0.2, 0) is 9.47 Å². The number of aliphatic hydroxyl groups excluding tert-OH is 4. The summed E-state index contributed by atoms with van der Waals surface area (Å²) < 4.78 is 16.7. The molecule has 0 spiro atoms. The highest BCUT2D eigenvalue weighted by Gasteiger charge is 2.45. The van der Waals surface area contributed by atoms with Crippen LogP contribution in [0.1, 0.15) is 28.4 Å². The molecule has 0 radical (unpaired) electrons. The van der Waals surface area contributed by atoms with Crippen molar-refractivity contribution in [1.82, 2.24) is 0 Å². The molecule has 6 atom stereocenters. The maximum atomic E-state index is 12.9. The van der Waals surface area contributed by atoms with Gasteiger partial charge in [0.15, 0.2) is 12.1 Å². The standard InChI is InChI=1S/C23H24O9/c24-11-19-20(27)21(28)22(29)23(32-19)31-18(10-16(26)14-3-1-2-4-15(14)25)12-5-6-17-13(9-12)7-8-30-17/h1-9,18-25,27-29H,10-11H2/t18?,19-,20-,21+,22-,23?/m0/s1. The first-order chi connectivity index (χ1) is 15.4. The van der Waals surface area contributed by atoms with Crippen molar-refractivity contribution in [3.8, 4) is 5.75 Å². The van der Waals surface area contributed by atoms with Gasteiger partial charge in [0.05, 0.1) is 24.5 Å². The van der Waals surface area contributed by atoms with Crippen LogP contribution >= 0.6 is 0 Å². The van der Waals surface area contributed by atoms with E-state index in [0.717, 1.165) is 5.39 Å². The molecule has 3 aromatic rings. The highest BCUT2D eigenvalue weighted by Crippen LogP contribution is 2.33. The van der Waals surface area contributed by atoms with Gasteiger partial charge in [-0.3, -0.25) is 4.79 Å². The van der Waals surface area contributed by atoms with Gasteiger partial charge in [-0.15, -0.1) is 0 Å². The van der Waals surface area contributed by atoms with E-state index in [4.69, 9.17) is 13.9 Å². The summed E-state index contributed by atoms with van der Waals surface area (Å²) in [6.45, 7) is -0.604. The lowest BCUT2D eigenvalue weighted by atomic mass is 9.97. The maximum Gasteiger partial charge on any atom is 0.187 e. The third-order valence-electron chi connectivity index (χ3n) is 5.57. The molecule has 0 aliphatic carbocycles. The molecule has 9 nitrogen and oxygen atoms in total. The van der Waals surface area contributed by atoms with Crippen LogP contribution in [0.5, 0.6) is 5.75 Å². The Hall–Kier alpha value is -2.79. The normalized spacial score (nSPS) is 26.8. The summed E-state index contributed by atoms with van der Waals surface area (Å²) in [6.07, 6.45) is -6.96. The molecule has 0 saturated carbocycles. The molecular weight excluding hydrogens is 420 g/mol. The van der Waals surface area contributed by atoms with Crippen molar-refractivity contribution in [2.24, 2.45) is 0 Å². The van der Waals surface area contributed by atoms with Crippen LogP contribution in [0.4, 0.5) is 0 Å². The summed E-state index contributed by atoms with van der Waals surface area (Å²) in [5, 5.41) is 50.7. The Morgan fingerprint density at radius 1 is 1.03 bits per heavy atom. The average Bonchev–Trinajstić information content (AvgIpc) is 3.27. The lowest BCUT2D eigenvalue weighted by Gasteiger charge is -2.40. The Kier molecular flexibility index (Phi) is 6.56. The second-order valence-corrected chi connectivity index (χ2v) is 7.68. The molecular formula is C23H24O9. The maximum absolute atomic E-state index is 12.9. The molecule has 2 aromatic carbocycles. The fourth-order valence-corrected chi connectivity index (χ4v) is 3.76. The Bertz CT molecular complexity index is 1080. The number of ether oxygens (including phenoxy) is 2. The second kappa shape index (κ2) is 9.37. The van der Waals surface area contributed by atoms with Gasteiger partial charge in [0.25, 0.3) is 0 Å². The molecule has 1 aromatic heterocycles. The van der Waals surface area contributed by atoms with E-state index < -0.39 is 49.2 Å². The van der Waals surface area contributed by atoms with Crippen LogP contribution in [0.3, 0.4) is 0 Å². The van der Waals surface area contributed by atoms with Crippen LogP contribution in [0.25, 0.3) is 11.0 Å². The van der Waals surface area contributed by atoms with Crippen molar-refractivity contribution in [3.63, 3.8) is 0 Å². The topological polar surface area (TPSA) is 150 Å². The highest BCUT2D eigenvalue weighted by atomic mass is 16.7. The zero-order valence-electron chi connectivity index (χ0n) is 16.9. The molecule has 4 rings (SSSR count). The van der Waals surface area contributed by atoms with Crippen LogP contribution in [0.2, 0.25) is 0 Å². The first-order valence-corrected chi connectivity index (χ1v) is 10.1. The van der Waals surface area contributed by atoms with Gasteiger partial charge in [-0.2, -0.15) is 0 Å². The van der Waals surface area contributed by atoms with Gasteiger partial charge in [-0.05, 0) is 35.9 Å². The SMILES string of the molecule is O=C(CC(OC1O[C@@H](CO)[C@H](O)[C@@H](O)[C@@H]1O)c1ccc2occc2c1)c1ccccc1O. The van der Waals surface area contributed by atoms with E-state index >= 15 is 0 Å². The van der Waals surface area contributed by atoms with E-state index in [1.54, 1.807) is 36.4 Å². The van der Waals surface area contributed by atoms with E-state index in [2.05, 4.69) is 0 Å². The number of aromatic hydroxyl groups is 1. The molecule has 32 heavy (non-hydrogen) atoms. The quantitative estimate of drug-likeness (QED) is 0.340. The Morgan fingerprint density at radius 3 is 2.56 bits per heavy atom. The fourth-order valence-electron chi connectivity index (χ4n) is 3.76. The number of phenols is 1. The predicted octanol–water partition coefficient (Wildman–Crippen LogP) is 1.27. The lowest BCUT2D eigenvalue weighted by Crippen LogP contribution is -2.59. The number of Topliss-reactive ketones (excluding diaryl/α,β-unsaturated/α-hetero) is 1. The van der Waals surface area contributed by atoms with E-state index in [-0.39, 0.29) is 17.7 Å². The van der Waals surface area contributed by atoms with Gasteiger partial charge in [0, 0.05) is 11.8 Å². The number of furan rings is 1. The number of hydrogen-bond donors (Lipinski definition) is 5. The number of phenolic OH excluding ortho intramolecular Hbond substituents is 1. The Labute approximate surface area is 183 Å². The number of hydrogen-bond acceptors (Lipinski definition) is 9. The van der Waals surface area contributed by atoms with Gasteiger partial charge < -0.3 is 39.4 Å². The predicted molar refractivity (Wildman–Crippen MR) is 111 cm³/mol. The van der Waals surface area contributed by atoms with Crippen molar-refractivity contribution in [2.45, 2.75) is 43.2 Å². The summed E-state index contributed by atoms with van der Waals surface area (Å²) in [7, 11) is 0. The first kappa shape index (κ1) is 22.4. The molecule has 1 aliphatic rings. The number of ketones is 1. The van der Waals surface area contributed by atoms with E-state index in [1.807, 2.05) is 0 Å². The van der Waals surface area contributed by atoms with Crippen molar-refractivity contribution in [3.05, 3.63) is 65.9 Å². The van der Waals surface area contributed by atoms with Gasteiger partial charge in [-0.25, -0.2) is 0 Å². The minimum absolute atomic E-state index is 0.110. The van der Waals surface area contributed by atoms with Gasteiger partial charge in [0.1, 0.15) is 35.7 Å². The third-order valence-corrected chi connectivity index (χ3v) is 5.57. The smallest absolute Gasteiger partial charge is 0.187 e. The summed E-state index contributed by atoms with van der Waals surface area (Å²) in [5.41, 5.74) is 1.31. The number of rotatable bonds is 7. The minimum atomic E-state index is -1.62. The number of carbonyl (C=O) groups excluding carboxylic acids is 1. The van der Waals surface area contributed by atoms with E-state index in [9.17, 15) is 30.3 Å². The van der Waals surface area contributed by atoms with E-state index in [1.165, 1.54) is 18.4 Å². The van der Waals surface area contributed by atoms with Crippen LogP contribution in [0, 0.1) is 0 Å². The number of fused-ring (bicyclic) bond motifs is 1. The largest absolute Gasteiger partial charge is 0.507 e. The molecule has 2 unspecified atom stereocenters.